The van der Waals surface area contributed by atoms with Crippen LogP contribution in [0.4, 0.5) is 22.9 Å². The first-order valence-electron chi connectivity index (χ1n) is 12.3. The van der Waals surface area contributed by atoms with Crippen LogP contribution in [0.2, 0.25) is 0 Å². The van der Waals surface area contributed by atoms with Gasteiger partial charge in [0.05, 0.1) is 7.11 Å². The predicted molar refractivity (Wildman–Crippen MR) is 152 cm³/mol. The van der Waals surface area contributed by atoms with E-state index in [1.165, 1.54) is 0 Å². The van der Waals surface area contributed by atoms with Crippen molar-refractivity contribution < 1.29 is 14.6 Å². The molecule has 0 bridgehead atoms. The highest BCUT2D eigenvalue weighted by atomic mass is 32.2. The van der Waals surface area contributed by atoms with E-state index < -0.39 is 22.9 Å². The van der Waals surface area contributed by atoms with Gasteiger partial charge in [0, 0.05) is 47.8 Å². The summed E-state index contributed by atoms with van der Waals surface area (Å²) in [5, 5.41) is 18.0. The lowest BCUT2D eigenvalue weighted by molar-refractivity contribution is -0.137. The average molecular weight is 533 g/mol. The average Bonchev–Trinajstić information content (AvgIpc) is 2.93. The summed E-state index contributed by atoms with van der Waals surface area (Å²) >= 11 is 1.79. The lowest BCUT2D eigenvalue weighted by Crippen LogP contribution is -2.47. The van der Waals surface area contributed by atoms with Gasteiger partial charge in [0.2, 0.25) is 0 Å². The molecule has 0 spiro atoms. The largest absolute Gasteiger partial charge is 0.497 e. The van der Waals surface area contributed by atoms with Crippen molar-refractivity contribution in [1.29, 1.82) is 0 Å². The van der Waals surface area contributed by atoms with Crippen LogP contribution in [0.25, 0.3) is 10.8 Å². The third kappa shape index (κ3) is 5.17. The Morgan fingerprint density at radius 1 is 1.11 bits per heavy atom. The monoisotopic (exact) mass is 532 g/mol. The van der Waals surface area contributed by atoms with Gasteiger partial charge in [-0.3, -0.25) is 9.59 Å². The summed E-state index contributed by atoms with van der Waals surface area (Å²) in [6, 6.07) is 14.2. The lowest BCUT2D eigenvalue weighted by atomic mass is 10.0. The fourth-order valence-corrected chi connectivity index (χ4v) is 5.56. The number of aryl methyl sites for hydroxylation is 1. The highest BCUT2D eigenvalue weighted by Gasteiger charge is 2.30. The molecule has 38 heavy (non-hydrogen) atoms. The molecule has 0 radical (unpaired) electrons. The number of hydrogen-bond donors (Lipinski definition) is 3. The van der Waals surface area contributed by atoms with Crippen LogP contribution in [-0.2, 0) is 11.2 Å². The fraction of sp³-hybridized carbons (Fsp3) is 0.286. The Balaban J connectivity index is 1.32. The number of carbonyl (C=O) groups is 1. The number of thioether (sulfide) groups is 1. The predicted octanol–water partition coefficient (Wildman–Crippen LogP) is 3.55. The maximum Gasteiger partial charge on any atom is 0.326 e. The molecule has 9 nitrogen and oxygen atoms in total. The second-order valence-electron chi connectivity index (χ2n) is 9.24. The van der Waals surface area contributed by atoms with E-state index in [-0.39, 0.29) is 12.1 Å². The molecule has 196 valence electrons. The third-order valence-corrected chi connectivity index (χ3v) is 7.60. The number of nitrogens with zero attached hydrogens (tertiary/aromatic N) is 2. The Morgan fingerprint density at radius 3 is 2.53 bits per heavy atom. The first-order valence-corrected chi connectivity index (χ1v) is 13.5. The zero-order valence-electron chi connectivity index (χ0n) is 21.1. The Hall–Kier alpha value is -4.05. The molecule has 3 N–H and O–H groups in total. The molecule has 1 aliphatic rings. The van der Waals surface area contributed by atoms with Crippen LogP contribution in [0.1, 0.15) is 11.3 Å². The van der Waals surface area contributed by atoms with E-state index in [1.807, 2.05) is 60.4 Å². The summed E-state index contributed by atoms with van der Waals surface area (Å²) in [4.78, 5) is 43.1. The summed E-state index contributed by atoms with van der Waals surface area (Å²) in [6.07, 6.45) is 0.145. The van der Waals surface area contributed by atoms with Gasteiger partial charge in [-0.1, -0.05) is 18.2 Å². The van der Waals surface area contributed by atoms with E-state index in [1.54, 1.807) is 18.9 Å². The van der Waals surface area contributed by atoms with E-state index in [0.29, 0.717) is 24.6 Å². The highest BCUT2D eigenvalue weighted by Crippen LogP contribution is 2.29. The first-order chi connectivity index (χ1) is 18.3. The summed E-state index contributed by atoms with van der Waals surface area (Å²) in [7, 11) is 1.62. The number of hydrogen-bond acceptors (Lipinski definition) is 9. The Morgan fingerprint density at radius 2 is 1.84 bits per heavy atom. The van der Waals surface area contributed by atoms with Crippen molar-refractivity contribution in [2.75, 3.05) is 47.2 Å². The normalized spacial score (nSPS) is 14.4. The summed E-state index contributed by atoms with van der Waals surface area (Å²) in [5.41, 5.74) is 1.67. The molecule has 0 amide bonds. The van der Waals surface area contributed by atoms with Gasteiger partial charge < -0.3 is 25.4 Å². The number of aliphatic carboxylic acids is 1. The van der Waals surface area contributed by atoms with Gasteiger partial charge in [0.1, 0.15) is 29.0 Å². The number of fused-ring (bicyclic) bond motifs is 1. The standard InChI is InChI=1S/C28H28N4O5S/c1-16-13-18-5-8-20(37-2)15-21(18)27(29-16)30-19-6-3-17(4-7-19)14-22(28(35)36)31-23-24(26(34)25(23)33)32-9-11-38-12-10-32/h3-8,13,15,22,31H,9-12,14H2,1-2H3,(H,29,30)(H,35,36)/t22-/m0/s1. The molecule has 0 unspecified atom stereocenters. The number of pyridine rings is 1. The maximum atomic E-state index is 12.3. The molecule has 4 aromatic rings. The third-order valence-electron chi connectivity index (χ3n) is 6.65. The summed E-state index contributed by atoms with van der Waals surface area (Å²) in [6.45, 7) is 3.25. The van der Waals surface area contributed by atoms with Crippen molar-refractivity contribution in [3.8, 4) is 5.75 Å². The number of anilines is 4. The zero-order chi connectivity index (χ0) is 26.8. The van der Waals surface area contributed by atoms with Gasteiger partial charge in [0.25, 0.3) is 10.9 Å². The molecule has 0 saturated carbocycles. The van der Waals surface area contributed by atoms with Gasteiger partial charge in [-0.05, 0) is 48.2 Å². The number of rotatable bonds is 9. The van der Waals surface area contributed by atoms with E-state index in [2.05, 4.69) is 15.6 Å². The minimum atomic E-state index is -1.09. The molecular formula is C28H28N4O5S. The van der Waals surface area contributed by atoms with Crippen molar-refractivity contribution >= 4 is 51.4 Å². The maximum absolute atomic E-state index is 12.3. The Kier molecular flexibility index (Phi) is 7.24. The molecule has 10 heteroatoms. The number of methoxy groups -OCH3 is 1. The van der Waals surface area contributed by atoms with E-state index in [0.717, 1.165) is 45.0 Å². The topological polar surface area (TPSA) is 121 Å². The number of ether oxygens (including phenoxy) is 1. The van der Waals surface area contributed by atoms with E-state index in [9.17, 15) is 19.5 Å². The minimum absolute atomic E-state index is 0.111. The van der Waals surface area contributed by atoms with Crippen LogP contribution < -0.4 is 31.1 Å². The van der Waals surface area contributed by atoms with Gasteiger partial charge in [-0.25, -0.2) is 9.78 Å². The molecular weight excluding hydrogens is 504 g/mol. The van der Waals surface area contributed by atoms with Crippen molar-refractivity contribution in [3.05, 3.63) is 80.2 Å². The van der Waals surface area contributed by atoms with Crippen LogP contribution in [0, 0.1) is 6.92 Å². The first kappa shape index (κ1) is 25.6. The van der Waals surface area contributed by atoms with Gasteiger partial charge in [0.15, 0.2) is 0 Å². The van der Waals surface area contributed by atoms with Crippen molar-refractivity contribution in [2.24, 2.45) is 0 Å². The molecule has 1 saturated heterocycles. The van der Waals surface area contributed by atoms with Gasteiger partial charge in [-0.15, -0.1) is 0 Å². The molecule has 2 heterocycles. The SMILES string of the molecule is COc1ccc2cc(C)nc(Nc3ccc(C[C@H](Nc4c(N5CCSCC5)c(=O)c4=O)C(=O)O)cc3)c2c1. The smallest absolute Gasteiger partial charge is 0.326 e. The zero-order valence-corrected chi connectivity index (χ0v) is 21.9. The van der Waals surface area contributed by atoms with Crippen molar-refractivity contribution in [1.82, 2.24) is 4.98 Å². The molecule has 5 rings (SSSR count). The summed E-state index contributed by atoms with van der Waals surface area (Å²) < 4.78 is 5.37. The van der Waals surface area contributed by atoms with Crippen molar-refractivity contribution in [3.63, 3.8) is 0 Å². The minimum Gasteiger partial charge on any atom is -0.497 e. The van der Waals surface area contributed by atoms with E-state index >= 15 is 0 Å². The molecule has 1 aromatic heterocycles. The number of benzene rings is 2. The number of carboxylic acids is 1. The van der Waals surface area contributed by atoms with Gasteiger partial charge in [-0.2, -0.15) is 11.8 Å². The second kappa shape index (κ2) is 10.7. The molecule has 3 aromatic carbocycles. The molecule has 0 aliphatic carbocycles. The second-order valence-corrected chi connectivity index (χ2v) is 10.5. The van der Waals surface area contributed by atoms with Crippen molar-refractivity contribution in [2.45, 2.75) is 19.4 Å². The van der Waals surface area contributed by atoms with Crippen LogP contribution >= 0.6 is 11.8 Å². The van der Waals surface area contributed by atoms with Gasteiger partial charge >= 0.3 is 5.97 Å². The van der Waals surface area contributed by atoms with Crippen LogP contribution in [-0.4, -0.2) is 53.8 Å². The summed E-state index contributed by atoms with van der Waals surface area (Å²) in [5.74, 6) is 2.06. The number of carboxylic acid groups (broad SMARTS) is 1. The highest BCUT2D eigenvalue weighted by molar-refractivity contribution is 7.99. The van der Waals surface area contributed by atoms with Crippen LogP contribution in [0.3, 0.4) is 0 Å². The fourth-order valence-electron chi connectivity index (χ4n) is 4.66. The Bertz CT molecular complexity index is 1560. The molecule has 1 aliphatic heterocycles. The van der Waals surface area contributed by atoms with E-state index in [4.69, 9.17) is 4.74 Å². The van der Waals surface area contributed by atoms with Crippen LogP contribution in [0.15, 0.2) is 58.1 Å². The Labute approximate surface area is 223 Å². The quantitative estimate of drug-likeness (QED) is 0.276. The number of aromatic nitrogens is 1. The molecule has 1 atom stereocenters. The molecule has 1 fully saturated rings. The number of nitrogens with one attached hydrogen (secondary N) is 2. The van der Waals surface area contributed by atoms with Crippen LogP contribution in [0.5, 0.6) is 5.75 Å². The lowest BCUT2D eigenvalue weighted by Gasteiger charge is -2.31.